The highest BCUT2D eigenvalue weighted by Gasteiger charge is 2.18. The van der Waals surface area contributed by atoms with Gasteiger partial charge in [-0.1, -0.05) is 36.9 Å². The lowest BCUT2D eigenvalue weighted by molar-refractivity contribution is 0.284. The van der Waals surface area contributed by atoms with Gasteiger partial charge in [-0.2, -0.15) is 0 Å². The van der Waals surface area contributed by atoms with Gasteiger partial charge in [0.2, 0.25) is 0 Å². The maximum atomic E-state index is 5.92. The van der Waals surface area contributed by atoms with Gasteiger partial charge in [-0.25, -0.2) is 0 Å². The number of allylic oxidation sites excluding steroid dienone is 1. The van der Waals surface area contributed by atoms with Crippen molar-refractivity contribution < 1.29 is 9.47 Å². The van der Waals surface area contributed by atoms with E-state index in [1.807, 2.05) is 24.3 Å². The molecule has 0 N–H and O–H groups in total. The van der Waals surface area contributed by atoms with Crippen LogP contribution < -0.4 is 9.47 Å². The van der Waals surface area contributed by atoms with E-state index in [-0.39, 0.29) is 0 Å². The Kier molecular flexibility index (Phi) is 3.46. The van der Waals surface area contributed by atoms with Gasteiger partial charge in [-0.15, -0.1) is 0 Å². The molecule has 3 rings (SSSR count). The first kappa shape index (κ1) is 12.8. The highest BCUT2D eigenvalue weighted by Crippen LogP contribution is 2.39. The first-order chi connectivity index (χ1) is 9.78. The normalized spacial score (nSPS) is 13.2. The number of aryl methyl sites for hydroxylation is 1. The van der Waals surface area contributed by atoms with Crippen LogP contribution in [0.1, 0.15) is 23.1 Å². The Labute approximate surface area is 119 Å². The molecule has 2 nitrogen and oxygen atoms in total. The Morgan fingerprint density at radius 3 is 2.60 bits per heavy atom. The number of methoxy groups -OCH3 is 1. The summed E-state index contributed by atoms with van der Waals surface area (Å²) in [5.41, 5.74) is 4.86. The van der Waals surface area contributed by atoms with Crippen molar-refractivity contribution in [2.45, 2.75) is 19.4 Å². The maximum Gasteiger partial charge on any atom is 0.161 e. The zero-order valence-corrected chi connectivity index (χ0v) is 11.7. The van der Waals surface area contributed by atoms with E-state index in [9.17, 15) is 0 Å². The van der Waals surface area contributed by atoms with Crippen LogP contribution in [-0.2, 0) is 13.0 Å². The first-order valence-corrected chi connectivity index (χ1v) is 6.83. The molecule has 0 saturated heterocycles. The van der Waals surface area contributed by atoms with Crippen molar-refractivity contribution in [3.8, 4) is 11.5 Å². The zero-order chi connectivity index (χ0) is 13.9. The molecule has 0 bridgehead atoms. The topological polar surface area (TPSA) is 18.5 Å². The van der Waals surface area contributed by atoms with Crippen molar-refractivity contribution in [2.75, 3.05) is 7.11 Å². The molecule has 0 fully saturated rings. The summed E-state index contributed by atoms with van der Waals surface area (Å²) in [5, 5.41) is 0. The summed E-state index contributed by atoms with van der Waals surface area (Å²) in [6.07, 6.45) is 2.07. The third kappa shape index (κ3) is 2.42. The summed E-state index contributed by atoms with van der Waals surface area (Å²) in [6, 6.07) is 14.3. The minimum Gasteiger partial charge on any atom is -0.493 e. The molecular weight excluding hydrogens is 248 g/mol. The molecule has 0 unspecified atom stereocenters. The molecule has 2 aromatic carbocycles. The van der Waals surface area contributed by atoms with E-state index in [0.717, 1.165) is 29.9 Å². The van der Waals surface area contributed by atoms with Gasteiger partial charge in [0.1, 0.15) is 6.61 Å². The van der Waals surface area contributed by atoms with E-state index in [4.69, 9.17) is 9.47 Å². The second-order valence-corrected chi connectivity index (χ2v) is 5.04. The van der Waals surface area contributed by atoms with E-state index in [2.05, 4.69) is 24.8 Å². The van der Waals surface area contributed by atoms with Crippen LogP contribution in [0, 0.1) is 0 Å². The van der Waals surface area contributed by atoms with Crippen molar-refractivity contribution in [3.63, 3.8) is 0 Å². The Balaban J connectivity index is 1.84. The predicted octanol–water partition coefficient (Wildman–Crippen LogP) is 4.23. The number of rotatable bonds is 4. The van der Waals surface area contributed by atoms with E-state index in [0.29, 0.717) is 6.61 Å². The standard InChI is InChI=1S/C18H18O2/c1-13-8-9-15-10-18(17(19-2)11-16(13)15)20-12-14-6-4-3-5-7-14/h3-7,10-11H,1,8-9,12H2,2H3. The molecule has 0 radical (unpaired) electrons. The molecule has 1 aliphatic rings. The van der Waals surface area contributed by atoms with Crippen LogP contribution in [0.25, 0.3) is 5.57 Å². The molecule has 2 aromatic rings. The fraction of sp³-hybridized carbons (Fsp3) is 0.222. The number of benzene rings is 2. The molecule has 0 heterocycles. The van der Waals surface area contributed by atoms with Crippen LogP contribution >= 0.6 is 0 Å². The smallest absolute Gasteiger partial charge is 0.161 e. The molecule has 0 amide bonds. The highest BCUT2D eigenvalue weighted by molar-refractivity contribution is 5.73. The van der Waals surface area contributed by atoms with Gasteiger partial charge in [0.05, 0.1) is 7.11 Å². The summed E-state index contributed by atoms with van der Waals surface area (Å²) in [5.74, 6) is 1.59. The third-order valence-electron chi connectivity index (χ3n) is 3.70. The molecule has 0 aromatic heterocycles. The minimum atomic E-state index is 0.553. The molecule has 0 spiro atoms. The Bertz CT molecular complexity index is 629. The van der Waals surface area contributed by atoms with Gasteiger partial charge >= 0.3 is 0 Å². The van der Waals surface area contributed by atoms with Crippen molar-refractivity contribution in [1.29, 1.82) is 0 Å². The van der Waals surface area contributed by atoms with E-state index in [1.165, 1.54) is 16.7 Å². The SMILES string of the molecule is C=C1CCc2cc(OCc3ccccc3)c(OC)cc21. The quantitative estimate of drug-likeness (QED) is 0.824. The van der Waals surface area contributed by atoms with E-state index >= 15 is 0 Å². The summed E-state index contributed by atoms with van der Waals surface area (Å²) >= 11 is 0. The van der Waals surface area contributed by atoms with Crippen molar-refractivity contribution in [2.24, 2.45) is 0 Å². The van der Waals surface area contributed by atoms with Crippen molar-refractivity contribution >= 4 is 5.57 Å². The van der Waals surface area contributed by atoms with Crippen LogP contribution in [0.2, 0.25) is 0 Å². The second kappa shape index (κ2) is 5.41. The number of hydrogen-bond donors (Lipinski definition) is 0. The van der Waals surface area contributed by atoms with Crippen molar-refractivity contribution in [3.05, 3.63) is 65.7 Å². The lowest BCUT2D eigenvalue weighted by Gasteiger charge is -2.13. The Hall–Kier alpha value is -2.22. The van der Waals surface area contributed by atoms with Crippen LogP contribution in [0.15, 0.2) is 49.0 Å². The lowest BCUT2D eigenvalue weighted by Crippen LogP contribution is -1.99. The van der Waals surface area contributed by atoms with Crippen LogP contribution in [0.5, 0.6) is 11.5 Å². The minimum absolute atomic E-state index is 0.553. The van der Waals surface area contributed by atoms with Gasteiger partial charge in [0, 0.05) is 0 Å². The van der Waals surface area contributed by atoms with Crippen LogP contribution in [0.3, 0.4) is 0 Å². The molecule has 0 atom stereocenters. The van der Waals surface area contributed by atoms with Crippen LogP contribution in [0.4, 0.5) is 0 Å². The molecular formula is C18H18O2. The van der Waals surface area contributed by atoms with Gasteiger partial charge < -0.3 is 9.47 Å². The molecule has 1 aliphatic carbocycles. The average Bonchev–Trinajstić information content (AvgIpc) is 2.86. The molecule has 20 heavy (non-hydrogen) atoms. The summed E-state index contributed by atoms with van der Waals surface area (Å²) in [4.78, 5) is 0. The molecule has 0 aliphatic heterocycles. The largest absolute Gasteiger partial charge is 0.493 e. The van der Waals surface area contributed by atoms with E-state index < -0.39 is 0 Å². The highest BCUT2D eigenvalue weighted by atomic mass is 16.5. The van der Waals surface area contributed by atoms with Gasteiger partial charge in [0.15, 0.2) is 11.5 Å². The van der Waals surface area contributed by atoms with E-state index in [1.54, 1.807) is 7.11 Å². The summed E-state index contributed by atoms with van der Waals surface area (Å²) in [7, 11) is 1.68. The lowest BCUT2D eigenvalue weighted by atomic mass is 10.1. The molecule has 102 valence electrons. The first-order valence-electron chi connectivity index (χ1n) is 6.83. The summed E-state index contributed by atoms with van der Waals surface area (Å²) in [6.45, 7) is 4.65. The second-order valence-electron chi connectivity index (χ2n) is 5.04. The monoisotopic (exact) mass is 266 g/mol. The van der Waals surface area contributed by atoms with Gasteiger partial charge in [-0.3, -0.25) is 0 Å². The number of fused-ring (bicyclic) bond motifs is 1. The third-order valence-corrected chi connectivity index (χ3v) is 3.70. The zero-order valence-electron chi connectivity index (χ0n) is 11.7. The number of hydrogen-bond acceptors (Lipinski definition) is 2. The fourth-order valence-corrected chi connectivity index (χ4v) is 2.57. The van der Waals surface area contributed by atoms with Gasteiger partial charge in [0.25, 0.3) is 0 Å². The summed E-state index contributed by atoms with van der Waals surface area (Å²) < 4.78 is 11.4. The molecule has 0 saturated carbocycles. The van der Waals surface area contributed by atoms with Crippen LogP contribution in [-0.4, -0.2) is 7.11 Å². The fourth-order valence-electron chi connectivity index (χ4n) is 2.57. The molecule has 2 heteroatoms. The maximum absolute atomic E-state index is 5.92. The number of ether oxygens (including phenoxy) is 2. The Morgan fingerprint density at radius 2 is 1.85 bits per heavy atom. The average molecular weight is 266 g/mol. The predicted molar refractivity (Wildman–Crippen MR) is 81.1 cm³/mol. The Morgan fingerprint density at radius 1 is 1.05 bits per heavy atom. The van der Waals surface area contributed by atoms with Gasteiger partial charge in [-0.05, 0) is 47.2 Å². The van der Waals surface area contributed by atoms with Crippen molar-refractivity contribution in [1.82, 2.24) is 0 Å².